The molecule has 5 heteroatoms. The van der Waals surface area contributed by atoms with Crippen molar-refractivity contribution in [2.45, 2.75) is 25.7 Å². The lowest BCUT2D eigenvalue weighted by Gasteiger charge is -2.21. The molecule has 1 saturated heterocycles. The van der Waals surface area contributed by atoms with Gasteiger partial charge in [-0.2, -0.15) is 0 Å². The molecule has 0 radical (unpaired) electrons. The molecule has 0 aromatic rings. The number of carbonyl (C=O) groups is 2. The monoisotopic (exact) mass is 213 g/mol. The zero-order valence-corrected chi connectivity index (χ0v) is 8.92. The van der Waals surface area contributed by atoms with E-state index in [0.29, 0.717) is 19.4 Å². The number of nitrogens with two attached hydrogens (primary N) is 1. The van der Waals surface area contributed by atoms with Crippen LogP contribution in [0.1, 0.15) is 25.7 Å². The third-order valence-corrected chi connectivity index (χ3v) is 2.57. The molecular weight excluding hydrogens is 194 g/mol. The number of primary amides is 1. The van der Waals surface area contributed by atoms with E-state index in [9.17, 15) is 9.59 Å². The van der Waals surface area contributed by atoms with Crippen molar-refractivity contribution in [2.24, 2.45) is 11.7 Å². The summed E-state index contributed by atoms with van der Waals surface area (Å²) in [4.78, 5) is 22.0. The summed E-state index contributed by atoms with van der Waals surface area (Å²) in [6, 6.07) is 0. The third kappa shape index (κ3) is 4.78. The summed E-state index contributed by atoms with van der Waals surface area (Å²) in [5, 5.41) is 6.01. The molecule has 0 aromatic heterocycles. The van der Waals surface area contributed by atoms with Gasteiger partial charge < -0.3 is 16.4 Å². The second kappa shape index (κ2) is 6.40. The number of nitrogens with one attached hydrogen (secondary N) is 2. The number of carbonyl (C=O) groups excluding carboxylic acids is 2. The summed E-state index contributed by atoms with van der Waals surface area (Å²) in [5.74, 6) is -0.136. The van der Waals surface area contributed by atoms with E-state index in [4.69, 9.17) is 5.73 Å². The molecule has 1 atom stereocenters. The summed E-state index contributed by atoms with van der Waals surface area (Å²) in [6.45, 7) is 2.31. The molecule has 0 saturated carbocycles. The lowest BCUT2D eigenvalue weighted by molar-refractivity contribution is -0.125. The van der Waals surface area contributed by atoms with Gasteiger partial charge in [0.05, 0.1) is 5.92 Å². The van der Waals surface area contributed by atoms with Gasteiger partial charge in [-0.1, -0.05) is 0 Å². The Bertz CT molecular complexity index is 225. The summed E-state index contributed by atoms with van der Waals surface area (Å²) >= 11 is 0. The van der Waals surface area contributed by atoms with Gasteiger partial charge in [-0.3, -0.25) is 9.59 Å². The topological polar surface area (TPSA) is 84.2 Å². The van der Waals surface area contributed by atoms with Gasteiger partial charge in [0, 0.05) is 19.5 Å². The first-order valence-corrected chi connectivity index (χ1v) is 5.47. The second-order valence-electron chi connectivity index (χ2n) is 3.90. The van der Waals surface area contributed by atoms with Gasteiger partial charge in [0.2, 0.25) is 11.8 Å². The molecule has 1 aliphatic rings. The smallest absolute Gasteiger partial charge is 0.224 e. The van der Waals surface area contributed by atoms with Gasteiger partial charge in [0.15, 0.2) is 0 Å². The number of amides is 2. The van der Waals surface area contributed by atoms with Crippen LogP contribution in [0.25, 0.3) is 0 Å². The van der Waals surface area contributed by atoms with E-state index in [1.807, 2.05) is 0 Å². The molecule has 4 N–H and O–H groups in total. The van der Waals surface area contributed by atoms with Crippen molar-refractivity contribution in [3.05, 3.63) is 0 Å². The van der Waals surface area contributed by atoms with Crippen LogP contribution in [0.4, 0.5) is 0 Å². The van der Waals surface area contributed by atoms with Gasteiger partial charge in [-0.15, -0.1) is 0 Å². The molecule has 1 heterocycles. The van der Waals surface area contributed by atoms with E-state index in [2.05, 4.69) is 10.6 Å². The minimum Gasteiger partial charge on any atom is -0.370 e. The van der Waals surface area contributed by atoms with Crippen molar-refractivity contribution in [2.75, 3.05) is 19.6 Å². The minimum atomic E-state index is -0.316. The lowest BCUT2D eigenvalue weighted by atomic mass is 9.99. The Hall–Kier alpha value is -1.10. The standard InChI is InChI=1S/C10H19N3O2/c11-9(14)4-2-6-13-10(15)8-3-1-5-12-7-8/h8,12H,1-7H2,(H2,11,14)(H,13,15)/t8-/m0/s1. The summed E-state index contributed by atoms with van der Waals surface area (Å²) in [7, 11) is 0. The SMILES string of the molecule is NC(=O)CCCNC(=O)[C@H]1CCCNC1. The van der Waals surface area contributed by atoms with Crippen molar-refractivity contribution in [1.82, 2.24) is 10.6 Å². The Morgan fingerprint density at radius 3 is 2.87 bits per heavy atom. The predicted octanol–water partition coefficient (Wildman–Crippen LogP) is -0.632. The van der Waals surface area contributed by atoms with Crippen molar-refractivity contribution >= 4 is 11.8 Å². The fourth-order valence-corrected chi connectivity index (χ4v) is 1.69. The van der Waals surface area contributed by atoms with Gasteiger partial charge in [0.1, 0.15) is 0 Å². The number of hydrogen-bond acceptors (Lipinski definition) is 3. The van der Waals surface area contributed by atoms with Crippen LogP contribution in [0.15, 0.2) is 0 Å². The first-order chi connectivity index (χ1) is 7.20. The highest BCUT2D eigenvalue weighted by molar-refractivity contribution is 5.79. The van der Waals surface area contributed by atoms with E-state index in [-0.39, 0.29) is 17.7 Å². The van der Waals surface area contributed by atoms with E-state index >= 15 is 0 Å². The highest BCUT2D eigenvalue weighted by Crippen LogP contribution is 2.09. The second-order valence-corrected chi connectivity index (χ2v) is 3.90. The van der Waals surface area contributed by atoms with Gasteiger partial charge in [-0.25, -0.2) is 0 Å². The Morgan fingerprint density at radius 1 is 1.47 bits per heavy atom. The molecule has 15 heavy (non-hydrogen) atoms. The quantitative estimate of drug-likeness (QED) is 0.531. The normalized spacial score (nSPS) is 20.9. The van der Waals surface area contributed by atoms with Crippen LogP contribution in [0, 0.1) is 5.92 Å². The number of piperidine rings is 1. The van der Waals surface area contributed by atoms with Crippen LogP contribution in [0.3, 0.4) is 0 Å². The van der Waals surface area contributed by atoms with Crippen molar-refractivity contribution in [1.29, 1.82) is 0 Å². The van der Waals surface area contributed by atoms with Crippen LogP contribution in [0.5, 0.6) is 0 Å². The Labute approximate surface area is 89.8 Å². The summed E-state index contributed by atoms with van der Waals surface area (Å²) < 4.78 is 0. The third-order valence-electron chi connectivity index (χ3n) is 2.57. The average molecular weight is 213 g/mol. The molecule has 0 spiro atoms. The number of hydrogen-bond donors (Lipinski definition) is 3. The number of rotatable bonds is 5. The van der Waals surface area contributed by atoms with E-state index < -0.39 is 0 Å². The van der Waals surface area contributed by atoms with Crippen LogP contribution in [-0.2, 0) is 9.59 Å². The van der Waals surface area contributed by atoms with Crippen LogP contribution in [-0.4, -0.2) is 31.4 Å². The van der Waals surface area contributed by atoms with Crippen LogP contribution >= 0.6 is 0 Å². The van der Waals surface area contributed by atoms with Gasteiger partial charge in [-0.05, 0) is 25.8 Å². The first-order valence-electron chi connectivity index (χ1n) is 5.47. The molecule has 1 aliphatic heterocycles. The lowest BCUT2D eigenvalue weighted by Crippen LogP contribution is -2.40. The maximum absolute atomic E-state index is 11.6. The molecule has 5 nitrogen and oxygen atoms in total. The Kier molecular flexibility index (Phi) is 5.10. The van der Waals surface area contributed by atoms with E-state index in [1.165, 1.54) is 0 Å². The molecule has 0 aromatic carbocycles. The molecule has 2 amide bonds. The maximum atomic E-state index is 11.6. The highest BCUT2D eigenvalue weighted by atomic mass is 16.2. The predicted molar refractivity (Wildman–Crippen MR) is 57.0 cm³/mol. The molecule has 86 valence electrons. The summed E-state index contributed by atoms with van der Waals surface area (Å²) in [6.07, 6.45) is 2.97. The fourth-order valence-electron chi connectivity index (χ4n) is 1.69. The van der Waals surface area contributed by atoms with Gasteiger partial charge >= 0.3 is 0 Å². The zero-order chi connectivity index (χ0) is 11.1. The largest absolute Gasteiger partial charge is 0.370 e. The molecule has 0 unspecified atom stereocenters. The van der Waals surface area contributed by atoms with Crippen LogP contribution in [0.2, 0.25) is 0 Å². The molecular formula is C10H19N3O2. The average Bonchev–Trinajstić information content (AvgIpc) is 2.25. The Balaban J connectivity index is 2.09. The van der Waals surface area contributed by atoms with Crippen molar-refractivity contribution in [3.8, 4) is 0 Å². The first kappa shape index (κ1) is 12.0. The zero-order valence-electron chi connectivity index (χ0n) is 8.92. The molecule has 1 rings (SSSR count). The van der Waals surface area contributed by atoms with Crippen molar-refractivity contribution < 1.29 is 9.59 Å². The van der Waals surface area contributed by atoms with Gasteiger partial charge in [0.25, 0.3) is 0 Å². The Morgan fingerprint density at radius 2 is 2.27 bits per heavy atom. The van der Waals surface area contributed by atoms with E-state index in [1.54, 1.807) is 0 Å². The molecule has 0 bridgehead atoms. The highest BCUT2D eigenvalue weighted by Gasteiger charge is 2.19. The molecule has 1 fully saturated rings. The fraction of sp³-hybridized carbons (Fsp3) is 0.800. The van der Waals surface area contributed by atoms with Crippen LogP contribution < -0.4 is 16.4 Å². The summed E-state index contributed by atoms with van der Waals surface area (Å²) in [5.41, 5.74) is 4.99. The van der Waals surface area contributed by atoms with Crippen molar-refractivity contribution in [3.63, 3.8) is 0 Å². The molecule has 0 aliphatic carbocycles. The maximum Gasteiger partial charge on any atom is 0.224 e. The van der Waals surface area contributed by atoms with E-state index in [0.717, 1.165) is 25.9 Å². The minimum absolute atomic E-state index is 0.0895.